The van der Waals surface area contributed by atoms with Gasteiger partial charge < -0.3 is 5.32 Å². The number of hydrogen-bond acceptors (Lipinski definition) is 4. The average molecular weight is 503 g/mol. The normalized spacial score (nSPS) is 12.8. The number of rotatable bonds is 8. The first-order chi connectivity index (χ1) is 15.7. The van der Waals surface area contributed by atoms with Crippen molar-refractivity contribution in [3.63, 3.8) is 0 Å². The van der Waals surface area contributed by atoms with Gasteiger partial charge in [0.05, 0.1) is 14.9 Å². The highest BCUT2D eigenvalue weighted by Crippen LogP contribution is 2.29. The monoisotopic (exact) mass is 502 g/mol. The van der Waals surface area contributed by atoms with Crippen molar-refractivity contribution in [2.75, 3.05) is 6.54 Å². The van der Waals surface area contributed by atoms with E-state index < -0.39 is 21.0 Å². The molecule has 2 aromatic carbocycles. The van der Waals surface area contributed by atoms with Gasteiger partial charge in [0.15, 0.2) is 9.84 Å². The molecule has 0 bridgehead atoms. The van der Waals surface area contributed by atoms with Crippen LogP contribution >= 0.6 is 23.2 Å². The molecule has 0 aliphatic heterocycles. The minimum atomic E-state index is -3.78. The second-order valence-corrected chi connectivity index (χ2v) is 10.7. The predicted octanol–water partition coefficient (Wildman–Crippen LogP) is 5.86. The molecule has 1 aromatic heterocycles. The van der Waals surface area contributed by atoms with E-state index in [1.165, 1.54) is 12.3 Å². The molecule has 0 aliphatic rings. The van der Waals surface area contributed by atoms with E-state index in [0.29, 0.717) is 21.2 Å². The van der Waals surface area contributed by atoms with E-state index in [4.69, 9.17) is 23.2 Å². The molecule has 1 N–H and O–H groups in total. The second-order valence-electron chi connectivity index (χ2n) is 7.80. The molecule has 1 heterocycles. The van der Waals surface area contributed by atoms with Crippen LogP contribution < -0.4 is 5.32 Å². The number of hydrogen-bond donors (Lipinski definition) is 1. The van der Waals surface area contributed by atoms with Crippen molar-refractivity contribution >= 4 is 45.0 Å². The first-order valence-corrected chi connectivity index (χ1v) is 12.6. The molecule has 172 valence electrons. The summed E-state index contributed by atoms with van der Waals surface area (Å²) in [5.41, 5.74) is 2.24. The van der Waals surface area contributed by atoms with Crippen LogP contribution in [0, 0.1) is 0 Å². The zero-order valence-corrected chi connectivity index (χ0v) is 20.5. The number of benzene rings is 2. The summed E-state index contributed by atoms with van der Waals surface area (Å²) in [6.45, 7) is 3.98. The van der Waals surface area contributed by atoms with E-state index in [9.17, 15) is 13.2 Å². The van der Waals surface area contributed by atoms with Crippen LogP contribution in [0.3, 0.4) is 0 Å². The number of pyridine rings is 1. The number of halogens is 2. The van der Waals surface area contributed by atoms with Crippen LogP contribution in [0.5, 0.6) is 0 Å². The van der Waals surface area contributed by atoms with Crippen LogP contribution in [0.15, 0.2) is 78.0 Å². The summed E-state index contributed by atoms with van der Waals surface area (Å²) in [5.74, 6) is -0.141. The van der Waals surface area contributed by atoms with Crippen LogP contribution in [-0.4, -0.2) is 25.9 Å². The van der Waals surface area contributed by atoms with Crippen molar-refractivity contribution in [1.82, 2.24) is 10.3 Å². The van der Waals surface area contributed by atoms with Crippen molar-refractivity contribution in [2.45, 2.75) is 29.9 Å². The van der Waals surface area contributed by atoms with Gasteiger partial charge in [-0.2, -0.15) is 0 Å². The Hall–Kier alpha value is -2.67. The number of amides is 1. The van der Waals surface area contributed by atoms with Crippen LogP contribution in [0.25, 0.3) is 6.08 Å². The van der Waals surface area contributed by atoms with E-state index in [0.717, 1.165) is 5.56 Å². The molecule has 8 heteroatoms. The van der Waals surface area contributed by atoms with Crippen LogP contribution in [0.2, 0.25) is 10.0 Å². The van der Waals surface area contributed by atoms with Gasteiger partial charge in [0, 0.05) is 25.0 Å². The molecule has 3 rings (SSSR count). The van der Waals surface area contributed by atoms with Crippen molar-refractivity contribution in [3.05, 3.63) is 99.8 Å². The van der Waals surface area contributed by atoms with E-state index >= 15 is 0 Å². The number of aromatic nitrogens is 1. The van der Waals surface area contributed by atoms with E-state index in [1.807, 2.05) is 26.0 Å². The quantitative estimate of drug-likeness (QED) is 0.391. The largest absolute Gasteiger partial charge is 0.351 e. The standard InChI is InChI=1S/C25H24Cl2N2O3S/c1-17(2)19-7-9-21(10-8-19)33(31,32)24(20-4-3-13-28-15-20)16-29-25(30)12-6-18-5-11-22(26)23(27)14-18/h3-15,17,24H,16H2,1-2H3,(H,29,30)/b12-6+. The van der Waals surface area contributed by atoms with Crippen LogP contribution in [0.4, 0.5) is 0 Å². The van der Waals surface area contributed by atoms with Crippen molar-refractivity contribution in [1.29, 1.82) is 0 Å². The Bertz CT molecular complexity index is 1240. The fourth-order valence-corrected chi connectivity index (χ4v) is 5.17. The minimum absolute atomic E-state index is 0.107. The SMILES string of the molecule is CC(C)c1ccc(S(=O)(=O)C(CNC(=O)/C=C/c2ccc(Cl)c(Cl)c2)c2cccnc2)cc1. The van der Waals surface area contributed by atoms with Gasteiger partial charge in [-0.15, -0.1) is 0 Å². The minimum Gasteiger partial charge on any atom is -0.351 e. The van der Waals surface area contributed by atoms with Gasteiger partial charge in [-0.25, -0.2) is 8.42 Å². The zero-order valence-electron chi connectivity index (χ0n) is 18.2. The Morgan fingerprint density at radius 3 is 2.36 bits per heavy atom. The lowest BCUT2D eigenvalue weighted by molar-refractivity contribution is -0.116. The van der Waals surface area contributed by atoms with Gasteiger partial charge in [0.1, 0.15) is 5.25 Å². The van der Waals surface area contributed by atoms with E-state index in [2.05, 4.69) is 10.3 Å². The van der Waals surface area contributed by atoms with Gasteiger partial charge in [-0.3, -0.25) is 9.78 Å². The molecule has 1 amide bonds. The summed E-state index contributed by atoms with van der Waals surface area (Å²) in [5, 5.41) is 2.50. The third-order valence-corrected chi connectivity index (χ3v) is 7.99. The molecular weight excluding hydrogens is 479 g/mol. The van der Waals surface area contributed by atoms with E-state index in [-0.39, 0.29) is 17.4 Å². The molecule has 0 spiro atoms. The fourth-order valence-electron chi connectivity index (χ4n) is 3.22. The highest BCUT2D eigenvalue weighted by Gasteiger charge is 2.29. The Morgan fingerprint density at radius 1 is 1.03 bits per heavy atom. The number of carbonyl (C=O) groups is 1. The number of nitrogens with zero attached hydrogens (tertiary/aromatic N) is 1. The molecule has 0 saturated heterocycles. The number of carbonyl (C=O) groups excluding carboxylic acids is 1. The Morgan fingerprint density at radius 2 is 1.76 bits per heavy atom. The molecular formula is C25H24Cl2N2O3S. The zero-order chi connectivity index (χ0) is 24.0. The Labute approximate surface area is 204 Å². The second kappa shape index (κ2) is 11.0. The maximum atomic E-state index is 13.5. The van der Waals surface area contributed by atoms with E-state index in [1.54, 1.807) is 54.7 Å². The Kier molecular flexibility index (Phi) is 8.30. The molecule has 1 atom stereocenters. The molecule has 3 aromatic rings. The van der Waals surface area contributed by atoms with Gasteiger partial charge in [-0.1, -0.05) is 61.3 Å². The summed E-state index contributed by atoms with van der Waals surface area (Å²) >= 11 is 11.9. The predicted molar refractivity (Wildman–Crippen MR) is 133 cm³/mol. The highest BCUT2D eigenvalue weighted by atomic mass is 35.5. The number of sulfone groups is 1. The summed E-state index contributed by atoms with van der Waals surface area (Å²) < 4.78 is 26.9. The first kappa shape index (κ1) is 25.0. The lowest BCUT2D eigenvalue weighted by Crippen LogP contribution is -2.31. The summed E-state index contributed by atoms with van der Waals surface area (Å²) in [4.78, 5) is 16.7. The van der Waals surface area contributed by atoms with Crippen molar-refractivity contribution in [3.8, 4) is 0 Å². The topological polar surface area (TPSA) is 76.1 Å². The summed E-state index contributed by atoms with van der Waals surface area (Å²) in [7, 11) is -3.78. The van der Waals surface area contributed by atoms with Crippen LogP contribution in [0.1, 0.15) is 41.7 Å². The average Bonchev–Trinajstić information content (AvgIpc) is 2.80. The smallest absolute Gasteiger partial charge is 0.244 e. The lowest BCUT2D eigenvalue weighted by Gasteiger charge is -2.19. The van der Waals surface area contributed by atoms with Crippen molar-refractivity contribution < 1.29 is 13.2 Å². The summed E-state index contributed by atoms with van der Waals surface area (Å²) in [6.07, 6.45) is 5.98. The van der Waals surface area contributed by atoms with Gasteiger partial charge in [-0.05, 0) is 59.0 Å². The van der Waals surface area contributed by atoms with Gasteiger partial charge >= 0.3 is 0 Å². The molecule has 1 unspecified atom stereocenters. The molecule has 33 heavy (non-hydrogen) atoms. The maximum Gasteiger partial charge on any atom is 0.244 e. The molecule has 0 saturated carbocycles. The summed E-state index contributed by atoms with van der Waals surface area (Å²) in [6, 6.07) is 15.2. The van der Waals surface area contributed by atoms with Gasteiger partial charge in [0.25, 0.3) is 0 Å². The van der Waals surface area contributed by atoms with Crippen LogP contribution in [-0.2, 0) is 14.6 Å². The Balaban J connectivity index is 1.80. The first-order valence-electron chi connectivity index (χ1n) is 10.3. The fraction of sp³-hybridized carbons (Fsp3) is 0.200. The van der Waals surface area contributed by atoms with Crippen molar-refractivity contribution in [2.24, 2.45) is 0 Å². The highest BCUT2D eigenvalue weighted by molar-refractivity contribution is 7.91. The molecule has 0 fully saturated rings. The maximum absolute atomic E-state index is 13.5. The van der Waals surface area contributed by atoms with Gasteiger partial charge in [0.2, 0.25) is 5.91 Å². The lowest BCUT2D eigenvalue weighted by atomic mass is 10.0. The molecule has 0 aliphatic carbocycles. The third kappa shape index (κ3) is 6.44. The number of nitrogens with one attached hydrogen (secondary N) is 1. The molecule has 0 radical (unpaired) electrons. The third-order valence-electron chi connectivity index (χ3n) is 5.14. The molecule has 5 nitrogen and oxygen atoms in total.